The summed E-state index contributed by atoms with van der Waals surface area (Å²) in [7, 11) is 0. The summed E-state index contributed by atoms with van der Waals surface area (Å²) in [5.74, 6) is 0.160. The van der Waals surface area contributed by atoms with E-state index >= 15 is 0 Å². The van der Waals surface area contributed by atoms with Gasteiger partial charge in [-0.1, -0.05) is 23.7 Å². The van der Waals surface area contributed by atoms with Gasteiger partial charge < -0.3 is 26.2 Å². The first-order valence-electron chi connectivity index (χ1n) is 10.5. The molecular formula is C23H26ClN5O5. The molecule has 0 spiro atoms. The zero-order chi connectivity index (χ0) is 25.0. The highest BCUT2D eigenvalue weighted by atomic mass is 35.5. The topological polar surface area (TPSA) is 146 Å². The third kappa shape index (κ3) is 5.64. The van der Waals surface area contributed by atoms with E-state index in [4.69, 9.17) is 16.7 Å². The van der Waals surface area contributed by atoms with Gasteiger partial charge >= 0.3 is 12.1 Å². The van der Waals surface area contributed by atoms with Crippen LogP contribution in [0.25, 0.3) is 16.6 Å². The van der Waals surface area contributed by atoms with Gasteiger partial charge in [-0.15, -0.1) is 0 Å². The number of carbonyl (C=O) groups is 2. The highest BCUT2D eigenvalue weighted by Crippen LogP contribution is 2.24. The Bertz CT molecular complexity index is 1290. The summed E-state index contributed by atoms with van der Waals surface area (Å²) >= 11 is 6.28. The minimum absolute atomic E-state index is 0.0749. The summed E-state index contributed by atoms with van der Waals surface area (Å²) in [6.07, 6.45) is -0.894. The van der Waals surface area contributed by atoms with Crippen molar-refractivity contribution < 1.29 is 19.8 Å². The largest absolute Gasteiger partial charge is 0.465 e. The first-order valence-corrected chi connectivity index (χ1v) is 10.9. The summed E-state index contributed by atoms with van der Waals surface area (Å²) < 4.78 is 1.27. The summed E-state index contributed by atoms with van der Waals surface area (Å²) in [5, 5.41) is 26.6. The molecule has 5 N–H and O–H groups in total. The molecule has 0 aliphatic carbocycles. The van der Waals surface area contributed by atoms with Crippen LogP contribution in [0.15, 0.2) is 47.3 Å². The maximum Gasteiger partial charge on any atom is 0.405 e. The fourth-order valence-corrected chi connectivity index (χ4v) is 3.78. The van der Waals surface area contributed by atoms with Crippen molar-refractivity contribution in [3.63, 3.8) is 0 Å². The molecule has 0 bridgehead atoms. The fourth-order valence-electron chi connectivity index (χ4n) is 3.53. The van der Waals surface area contributed by atoms with Crippen molar-refractivity contribution in [2.75, 3.05) is 11.9 Å². The Morgan fingerprint density at radius 2 is 1.91 bits per heavy atom. The molecule has 1 aromatic heterocycles. The van der Waals surface area contributed by atoms with E-state index in [1.165, 1.54) is 4.57 Å². The van der Waals surface area contributed by atoms with Crippen LogP contribution in [-0.4, -0.2) is 44.0 Å². The van der Waals surface area contributed by atoms with E-state index in [1.54, 1.807) is 63.2 Å². The number of amides is 3. The monoisotopic (exact) mass is 487 g/mol. The molecule has 3 amide bonds. The number of aliphatic hydroxyl groups is 1. The zero-order valence-electron chi connectivity index (χ0n) is 18.9. The average Bonchev–Trinajstić information content (AvgIpc) is 2.72. The standard InChI is InChI=1S/C23H26ClN5O5/c1-13(25-22(33)34)19-27-17-9-5-8-16(24)18(17)20(31)29(19)15-7-4-6-14(12-15)26-21(32)28-23(2,3)10-11-30/h4-9,12-13,25,30H,10-11H2,1-3H3,(H,33,34)(H2,26,28,32). The van der Waals surface area contributed by atoms with Crippen molar-refractivity contribution in [2.45, 2.75) is 38.8 Å². The Morgan fingerprint density at radius 1 is 1.21 bits per heavy atom. The van der Waals surface area contributed by atoms with Crippen molar-refractivity contribution in [3.8, 4) is 5.69 Å². The van der Waals surface area contributed by atoms with Gasteiger partial charge in [0.25, 0.3) is 5.56 Å². The van der Waals surface area contributed by atoms with Gasteiger partial charge in [0.15, 0.2) is 0 Å². The van der Waals surface area contributed by atoms with Gasteiger partial charge in [-0.3, -0.25) is 9.36 Å². The van der Waals surface area contributed by atoms with Gasteiger partial charge in [-0.05, 0) is 57.5 Å². The second-order valence-electron chi connectivity index (χ2n) is 8.40. The van der Waals surface area contributed by atoms with E-state index in [1.807, 2.05) is 0 Å². The van der Waals surface area contributed by atoms with E-state index in [0.717, 1.165) is 0 Å². The zero-order valence-corrected chi connectivity index (χ0v) is 19.7. The molecular weight excluding hydrogens is 462 g/mol. The molecule has 3 rings (SSSR count). The number of benzene rings is 2. The average molecular weight is 488 g/mol. The smallest absolute Gasteiger partial charge is 0.405 e. The SMILES string of the molecule is CC(NC(=O)O)c1nc2cccc(Cl)c2c(=O)n1-c1cccc(NC(=O)NC(C)(C)CCO)c1. The molecule has 34 heavy (non-hydrogen) atoms. The fraction of sp³-hybridized carbons (Fsp3) is 0.304. The summed E-state index contributed by atoms with van der Waals surface area (Å²) in [4.78, 5) is 41.7. The minimum atomic E-state index is -1.27. The molecule has 1 atom stereocenters. The van der Waals surface area contributed by atoms with Gasteiger partial charge in [-0.2, -0.15) is 0 Å². The number of carboxylic acid groups (broad SMARTS) is 1. The molecule has 0 aliphatic heterocycles. The minimum Gasteiger partial charge on any atom is -0.465 e. The van der Waals surface area contributed by atoms with Crippen molar-refractivity contribution in [3.05, 3.63) is 63.7 Å². The van der Waals surface area contributed by atoms with Crippen LogP contribution < -0.4 is 21.5 Å². The number of urea groups is 1. The van der Waals surface area contributed by atoms with Crippen LogP contribution in [0.2, 0.25) is 5.02 Å². The van der Waals surface area contributed by atoms with Gasteiger partial charge in [-0.25, -0.2) is 14.6 Å². The lowest BCUT2D eigenvalue weighted by molar-refractivity contribution is 0.190. The van der Waals surface area contributed by atoms with Crippen molar-refractivity contribution in [2.24, 2.45) is 0 Å². The third-order valence-corrected chi connectivity index (χ3v) is 5.47. The number of carbonyl (C=O) groups excluding carboxylic acids is 1. The first kappa shape index (κ1) is 25.0. The summed E-state index contributed by atoms with van der Waals surface area (Å²) in [6, 6.07) is 10.0. The van der Waals surface area contributed by atoms with Crippen LogP contribution in [0, 0.1) is 0 Å². The number of nitrogens with one attached hydrogen (secondary N) is 3. The van der Waals surface area contributed by atoms with Crippen LogP contribution in [0.4, 0.5) is 15.3 Å². The molecule has 0 aliphatic rings. The lowest BCUT2D eigenvalue weighted by atomic mass is 10.0. The maximum atomic E-state index is 13.5. The Kier molecular flexibility index (Phi) is 7.43. The van der Waals surface area contributed by atoms with Crippen LogP contribution >= 0.6 is 11.6 Å². The van der Waals surface area contributed by atoms with E-state index in [2.05, 4.69) is 20.9 Å². The molecule has 0 fully saturated rings. The quantitative estimate of drug-likeness (QED) is 0.344. The molecule has 11 heteroatoms. The number of halogens is 1. The number of rotatable bonds is 7. The molecule has 1 unspecified atom stereocenters. The van der Waals surface area contributed by atoms with Crippen LogP contribution in [0.3, 0.4) is 0 Å². The Morgan fingerprint density at radius 3 is 2.59 bits per heavy atom. The number of anilines is 1. The molecule has 1 heterocycles. The Balaban J connectivity index is 2.08. The number of aromatic nitrogens is 2. The molecule has 0 saturated carbocycles. The highest BCUT2D eigenvalue weighted by Gasteiger charge is 2.22. The molecule has 10 nitrogen and oxygen atoms in total. The first-order chi connectivity index (χ1) is 16.0. The Hall–Kier alpha value is -3.63. The highest BCUT2D eigenvalue weighted by molar-refractivity contribution is 6.35. The van der Waals surface area contributed by atoms with Gasteiger partial charge in [0.2, 0.25) is 0 Å². The van der Waals surface area contributed by atoms with E-state index < -0.39 is 29.3 Å². The van der Waals surface area contributed by atoms with Crippen molar-refractivity contribution in [1.29, 1.82) is 0 Å². The van der Waals surface area contributed by atoms with Crippen LogP contribution in [0.1, 0.15) is 39.1 Å². The number of aliphatic hydroxyl groups excluding tert-OH is 1. The second-order valence-corrected chi connectivity index (χ2v) is 8.81. The predicted octanol–water partition coefficient (Wildman–Crippen LogP) is 3.65. The number of hydrogen-bond donors (Lipinski definition) is 5. The predicted molar refractivity (Wildman–Crippen MR) is 130 cm³/mol. The van der Waals surface area contributed by atoms with Crippen LogP contribution in [0.5, 0.6) is 0 Å². The van der Waals surface area contributed by atoms with E-state index in [9.17, 15) is 19.5 Å². The summed E-state index contributed by atoms with van der Waals surface area (Å²) in [6.45, 7) is 5.06. The summed E-state index contributed by atoms with van der Waals surface area (Å²) in [5.41, 5.74) is -0.0123. The van der Waals surface area contributed by atoms with Gasteiger partial charge in [0.05, 0.1) is 27.7 Å². The molecule has 0 saturated heterocycles. The molecule has 0 radical (unpaired) electrons. The van der Waals surface area contributed by atoms with Gasteiger partial charge in [0.1, 0.15) is 5.82 Å². The normalized spacial score (nSPS) is 12.3. The molecule has 3 aromatic rings. The maximum absolute atomic E-state index is 13.5. The van der Waals surface area contributed by atoms with Gasteiger partial charge in [0, 0.05) is 17.8 Å². The number of nitrogens with zero attached hydrogens (tertiary/aromatic N) is 2. The van der Waals surface area contributed by atoms with Crippen LogP contribution in [-0.2, 0) is 0 Å². The van der Waals surface area contributed by atoms with Crippen molar-refractivity contribution in [1.82, 2.24) is 20.2 Å². The number of fused-ring (bicyclic) bond motifs is 1. The lowest BCUT2D eigenvalue weighted by Crippen LogP contribution is -2.46. The lowest BCUT2D eigenvalue weighted by Gasteiger charge is -2.25. The Labute approximate surface area is 200 Å². The van der Waals surface area contributed by atoms with Crippen molar-refractivity contribution >= 4 is 40.3 Å². The third-order valence-electron chi connectivity index (χ3n) is 5.15. The molecule has 2 aromatic carbocycles. The molecule has 180 valence electrons. The number of hydrogen-bond acceptors (Lipinski definition) is 5. The van der Waals surface area contributed by atoms with E-state index in [-0.39, 0.29) is 22.8 Å². The second kappa shape index (κ2) is 10.1. The van der Waals surface area contributed by atoms with E-state index in [0.29, 0.717) is 23.3 Å².